The van der Waals surface area contributed by atoms with Gasteiger partial charge < -0.3 is 10.1 Å². The molecule has 1 atom stereocenters. The Balaban J connectivity index is 2.00. The van der Waals surface area contributed by atoms with Crippen LogP contribution in [-0.4, -0.2) is 13.1 Å². The highest BCUT2D eigenvalue weighted by Crippen LogP contribution is 2.19. The Kier molecular flexibility index (Phi) is 4.87. The van der Waals surface area contributed by atoms with Crippen molar-refractivity contribution in [2.45, 2.75) is 19.5 Å². The molecule has 1 aromatic heterocycles. The average Bonchev–Trinajstić information content (AvgIpc) is 2.98. The van der Waals surface area contributed by atoms with E-state index in [0.717, 1.165) is 5.56 Å². The number of hydrogen-bond donors (Lipinski definition) is 1. The van der Waals surface area contributed by atoms with Gasteiger partial charge in [-0.1, -0.05) is 12.1 Å². The number of esters is 1. The van der Waals surface area contributed by atoms with Crippen LogP contribution in [0.5, 0.6) is 0 Å². The molecule has 0 saturated carbocycles. The van der Waals surface area contributed by atoms with Crippen molar-refractivity contribution in [1.29, 1.82) is 0 Å². The second-order valence-corrected chi connectivity index (χ2v) is 5.40. The smallest absolute Gasteiger partial charge is 0.340 e. The van der Waals surface area contributed by atoms with Crippen molar-refractivity contribution in [2.24, 2.45) is 0 Å². The van der Waals surface area contributed by atoms with E-state index in [1.807, 2.05) is 11.4 Å². The molecule has 1 aromatic carbocycles. The maximum absolute atomic E-state index is 13.8. The number of methoxy groups -OCH3 is 1. The lowest BCUT2D eigenvalue weighted by molar-refractivity contribution is 0.0595. The number of halogens is 1. The molecular weight excluding hydrogens is 277 g/mol. The Hall–Kier alpha value is -1.72. The van der Waals surface area contributed by atoms with Gasteiger partial charge in [-0.3, -0.25) is 0 Å². The van der Waals surface area contributed by atoms with Crippen LogP contribution in [0.2, 0.25) is 0 Å². The molecule has 0 fully saturated rings. The van der Waals surface area contributed by atoms with E-state index in [-0.39, 0.29) is 11.6 Å². The first-order valence-corrected chi connectivity index (χ1v) is 7.13. The van der Waals surface area contributed by atoms with E-state index in [9.17, 15) is 9.18 Å². The summed E-state index contributed by atoms with van der Waals surface area (Å²) in [6, 6.07) is 8.81. The largest absolute Gasteiger partial charge is 0.465 e. The maximum atomic E-state index is 13.8. The molecule has 3 nitrogen and oxygen atoms in total. The van der Waals surface area contributed by atoms with E-state index >= 15 is 0 Å². The van der Waals surface area contributed by atoms with Crippen LogP contribution >= 0.6 is 11.3 Å². The molecule has 0 aliphatic heterocycles. The molecule has 0 radical (unpaired) electrons. The second kappa shape index (κ2) is 6.63. The van der Waals surface area contributed by atoms with Crippen LogP contribution in [-0.2, 0) is 11.3 Å². The summed E-state index contributed by atoms with van der Waals surface area (Å²) < 4.78 is 18.3. The molecule has 0 unspecified atom stereocenters. The predicted octanol–water partition coefficient (Wildman–Crippen LogP) is 3.52. The molecule has 0 aliphatic rings. The third-order valence-electron chi connectivity index (χ3n) is 3.02. The molecule has 0 spiro atoms. The van der Waals surface area contributed by atoms with E-state index < -0.39 is 11.8 Å². The molecule has 20 heavy (non-hydrogen) atoms. The van der Waals surface area contributed by atoms with Crippen molar-refractivity contribution >= 4 is 17.3 Å². The minimum atomic E-state index is -0.658. The fourth-order valence-corrected chi connectivity index (χ4v) is 2.61. The molecule has 1 heterocycles. The number of ether oxygens (including phenoxy) is 1. The van der Waals surface area contributed by atoms with Crippen molar-refractivity contribution in [3.63, 3.8) is 0 Å². The fourth-order valence-electron chi connectivity index (χ4n) is 1.85. The topological polar surface area (TPSA) is 38.3 Å². The summed E-state index contributed by atoms with van der Waals surface area (Å²) in [7, 11) is 1.24. The number of carbonyl (C=O) groups is 1. The molecule has 0 saturated heterocycles. The Bertz CT molecular complexity index is 584. The molecule has 2 aromatic rings. The summed E-state index contributed by atoms with van der Waals surface area (Å²) in [4.78, 5) is 12.5. The number of nitrogens with one attached hydrogen (secondary N) is 1. The van der Waals surface area contributed by atoms with E-state index in [1.54, 1.807) is 17.4 Å². The van der Waals surface area contributed by atoms with Crippen molar-refractivity contribution in [1.82, 2.24) is 5.32 Å². The lowest BCUT2D eigenvalue weighted by Gasteiger charge is -2.12. The lowest BCUT2D eigenvalue weighted by Crippen LogP contribution is -2.17. The van der Waals surface area contributed by atoms with Crippen molar-refractivity contribution < 1.29 is 13.9 Å². The van der Waals surface area contributed by atoms with Crippen LogP contribution in [0, 0.1) is 5.82 Å². The fraction of sp³-hybridized carbons (Fsp3) is 0.267. The first kappa shape index (κ1) is 14.7. The third kappa shape index (κ3) is 3.43. The van der Waals surface area contributed by atoms with Gasteiger partial charge in [0.1, 0.15) is 5.82 Å². The zero-order valence-electron chi connectivity index (χ0n) is 11.4. The normalized spacial score (nSPS) is 12.2. The SMILES string of the molecule is COC(=O)c1ccc(CN[C@@H](C)c2cccs2)cc1F. The van der Waals surface area contributed by atoms with Gasteiger partial charge in [-0.15, -0.1) is 11.3 Å². The van der Waals surface area contributed by atoms with Gasteiger partial charge in [0.2, 0.25) is 0 Å². The summed E-state index contributed by atoms with van der Waals surface area (Å²) in [5.41, 5.74) is 0.751. The van der Waals surface area contributed by atoms with E-state index in [2.05, 4.69) is 23.0 Å². The predicted molar refractivity (Wildman–Crippen MR) is 77.3 cm³/mol. The van der Waals surface area contributed by atoms with Gasteiger partial charge >= 0.3 is 5.97 Å². The highest BCUT2D eigenvalue weighted by atomic mass is 32.1. The maximum Gasteiger partial charge on any atom is 0.340 e. The van der Waals surface area contributed by atoms with E-state index in [4.69, 9.17) is 0 Å². The van der Waals surface area contributed by atoms with Gasteiger partial charge in [0, 0.05) is 17.5 Å². The standard InChI is InChI=1S/C15H16FNO2S/c1-10(14-4-3-7-20-14)17-9-11-5-6-12(13(16)8-11)15(18)19-2/h3-8,10,17H,9H2,1-2H3/t10-/m0/s1. The molecule has 2 rings (SSSR count). The molecular formula is C15H16FNO2S. The van der Waals surface area contributed by atoms with Crippen LogP contribution in [0.1, 0.15) is 33.8 Å². The quantitative estimate of drug-likeness (QED) is 0.857. The molecule has 0 bridgehead atoms. The van der Waals surface area contributed by atoms with Crippen molar-refractivity contribution in [3.8, 4) is 0 Å². The Morgan fingerprint density at radius 1 is 1.45 bits per heavy atom. The van der Waals surface area contributed by atoms with Crippen molar-refractivity contribution in [3.05, 3.63) is 57.5 Å². The van der Waals surface area contributed by atoms with Gasteiger partial charge in [0.05, 0.1) is 12.7 Å². The van der Waals surface area contributed by atoms with Gasteiger partial charge in [-0.2, -0.15) is 0 Å². The summed E-state index contributed by atoms with van der Waals surface area (Å²) in [5.74, 6) is -1.21. The van der Waals surface area contributed by atoms with Crippen LogP contribution in [0.3, 0.4) is 0 Å². The number of carbonyl (C=O) groups excluding carboxylic acids is 1. The molecule has 0 aliphatic carbocycles. The first-order chi connectivity index (χ1) is 9.61. The highest BCUT2D eigenvalue weighted by Gasteiger charge is 2.12. The zero-order chi connectivity index (χ0) is 14.5. The van der Waals surface area contributed by atoms with Gasteiger partial charge in [0.15, 0.2) is 0 Å². The summed E-state index contributed by atoms with van der Waals surface area (Å²) >= 11 is 1.68. The minimum Gasteiger partial charge on any atom is -0.465 e. The lowest BCUT2D eigenvalue weighted by atomic mass is 10.1. The van der Waals surface area contributed by atoms with E-state index in [1.165, 1.54) is 24.1 Å². The Morgan fingerprint density at radius 2 is 2.25 bits per heavy atom. The van der Waals surface area contributed by atoms with E-state index in [0.29, 0.717) is 6.54 Å². The van der Waals surface area contributed by atoms with Crippen LogP contribution in [0.15, 0.2) is 35.7 Å². The molecule has 106 valence electrons. The molecule has 1 N–H and O–H groups in total. The summed E-state index contributed by atoms with van der Waals surface area (Å²) in [6.07, 6.45) is 0. The molecule has 5 heteroatoms. The van der Waals surface area contributed by atoms with Crippen LogP contribution < -0.4 is 5.32 Å². The number of thiophene rings is 1. The zero-order valence-corrected chi connectivity index (χ0v) is 12.2. The highest BCUT2D eigenvalue weighted by molar-refractivity contribution is 7.10. The Morgan fingerprint density at radius 3 is 2.85 bits per heavy atom. The first-order valence-electron chi connectivity index (χ1n) is 6.25. The summed E-state index contributed by atoms with van der Waals surface area (Å²) in [6.45, 7) is 2.60. The Labute approximate surface area is 121 Å². The van der Waals surface area contributed by atoms with Gasteiger partial charge in [0.25, 0.3) is 0 Å². The monoisotopic (exact) mass is 293 g/mol. The third-order valence-corrected chi connectivity index (χ3v) is 4.08. The number of benzene rings is 1. The average molecular weight is 293 g/mol. The van der Waals surface area contributed by atoms with Crippen LogP contribution in [0.4, 0.5) is 4.39 Å². The second-order valence-electron chi connectivity index (χ2n) is 4.42. The van der Waals surface area contributed by atoms with Crippen LogP contribution in [0.25, 0.3) is 0 Å². The number of rotatable bonds is 5. The molecule has 0 amide bonds. The minimum absolute atomic E-state index is 0.0393. The number of hydrogen-bond acceptors (Lipinski definition) is 4. The van der Waals surface area contributed by atoms with Gasteiger partial charge in [-0.05, 0) is 36.1 Å². The van der Waals surface area contributed by atoms with Gasteiger partial charge in [-0.25, -0.2) is 9.18 Å². The summed E-state index contributed by atoms with van der Waals surface area (Å²) in [5, 5.41) is 5.34. The van der Waals surface area contributed by atoms with Crippen molar-refractivity contribution in [2.75, 3.05) is 7.11 Å².